The molecule has 3 aromatic carbocycles. The number of nitrogens with one attached hydrogen (secondary N) is 2. The van der Waals surface area contributed by atoms with Crippen molar-refractivity contribution in [3.8, 4) is 22.9 Å². The molecule has 1 amide bonds. The molecule has 5 rings (SSSR count). The average Bonchev–Trinajstić information content (AvgIpc) is 3.28. The molecule has 0 radical (unpaired) electrons. The molecule has 1 aliphatic heterocycles. The van der Waals surface area contributed by atoms with Crippen LogP contribution in [0.3, 0.4) is 0 Å². The Kier molecular flexibility index (Phi) is 4.90. The molecule has 0 saturated carbocycles. The third-order valence-corrected chi connectivity index (χ3v) is 4.72. The highest BCUT2D eigenvalue weighted by molar-refractivity contribution is 6.05. The summed E-state index contributed by atoms with van der Waals surface area (Å²) in [6.45, 7) is 0.190. The van der Waals surface area contributed by atoms with Gasteiger partial charge in [0.1, 0.15) is 5.82 Å². The average molecular weight is 410 g/mol. The maximum atomic E-state index is 12.7. The number of fused-ring (bicyclic) bond motifs is 1. The van der Waals surface area contributed by atoms with Crippen molar-refractivity contribution in [2.75, 3.05) is 17.4 Å². The van der Waals surface area contributed by atoms with Crippen LogP contribution in [0.1, 0.15) is 10.4 Å². The Morgan fingerprint density at radius 1 is 0.839 bits per heavy atom. The Hall–Kier alpha value is -4.39. The summed E-state index contributed by atoms with van der Waals surface area (Å²) in [5.41, 5.74) is 2.83. The van der Waals surface area contributed by atoms with Gasteiger partial charge in [0.25, 0.3) is 5.91 Å². The molecular weight excluding hydrogens is 392 g/mol. The first kappa shape index (κ1) is 18.6. The quantitative estimate of drug-likeness (QED) is 0.488. The van der Waals surface area contributed by atoms with Gasteiger partial charge in [-0.2, -0.15) is 0 Å². The molecule has 2 N–H and O–H groups in total. The lowest BCUT2D eigenvalue weighted by Crippen LogP contribution is -2.12. The van der Waals surface area contributed by atoms with Crippen LogP contribution in [0.5, 0.6) is 11.5 Å². The highest BCUT2D eigenvalue weighted by Gasteiger charge is 2.15. The van der Waals surface area contributed by atoms with Crippen molar-refractivity contribution in [2.45, 2.75) is 0 Å². The summed E-state index contributed by atoms with van der Waals surface area (Å²) in [4.78, 5) is 21.6. The topological polar surface area (TPSA) is 85.4 Å². The molecule has 7 nitrogen and oxygen atoms in total. The molecule has 7 heteroatoms. The van der Waals surface area contributed by atoms with Gasteiger partial charge >= 0.3 is 0 Å². The van der Waals surface area contributed by atoms with Crippen LogP contribution in [0.15, 0.2) is 85.1 Å². The van der Waals surface area contributed by atoms with E-state index in [1.54, 1.807) is 42.6 Å². The standard InChI is InChI=1S/C24H18N4O3/c29-24(27-19-9-10-20-21(14-19)31-15-30-20)17-7-4-8-18(13-17)26-22-11-12-25-23(28-22)16-5-2-1-3-6-16/h1-14H,15H2,(H,27,29)(H,25,26,28). The van der Waals surface area contributed by atoms with Crippen LogP contribution in [0, 0.1) is 0 Å². The number of hydrogen-bond acceptors (Lipinski definition) is 6. The number of aromatic nitrogens is 2. The van der Waals surface area contributed by atoms with Crippen LogP contribution in [0.25, 0.3) is 11.4 Å². The number of hydrogen-bond donors (Lipinski definition) is 2. The van der Waals surface area contributed by atoms with Gasteiger partial charge in [-0.25, -0.2) is 9.97 Å². The summed E-state index contributed by atoms with van der Waals surface area (Å²) < 4.78 is 10.7. The van der Waals surface area contributed by atoms with Crippen LogP contribution < -0.4 is 20.1 Å². The molecular formula is C24H18N4O3. The largest absolute Gasteiger partial charge is 0.454 e. The fourth-order valence-corrected chi connectivity index (χ4v) is 3.22. The monoisotopic (exact) mass is 410 g/mol. The van der Waals surface area contributed by atoms with E-state index in [0.717, 1.165) is 11.3 Å². The van der Waals surface area contributed by atoms with Crippen molar-refractivity contribution in [3.05, 3.63) is 90.6 Å². The third-order valence-electron chi connectivity index (χ3n) is 4.72. The van der Waals surface area contributed by atoms with Gasteiger partial charge in [0.2, 0.25) is 6.79 Å². The highest BCUT2D eigenvalue weighted by Crippen LogP contribution is 2.34. The highest BCUT2D eigenvalue weighted by atomic mass is 16.7. The number of nitrogens with zero attached hydrogens (tertiary/aromatic N) is 2. The predicted molar refractivity (Wildman–Crippen MR) is 118 cm³/mol. The van der Waals surface area contributed by atoms with E-state index < -0.39 is 0 Å². The minimum Gasteiger partial charge on any atom is -0.454 e. The minimum absolute atomic E-state index is 0.190. The van der Waals surface area contributed by atoms with Gasteiger partial charge in [0, 0.05) is 34.8 Å². The van der Waals surface area contributed by atoms with E-state index in [2.05, 4.69) is 20.6 Å². The summed E-state index contributed by atoms with van der Waals surface area (Å²) in [5.74, 6) is 2.33. The van der Waals surface area contributed by atoms with E-state index >= 15 is 0 Å². The molecule has 4 aromatic rings. The van der Waals surface area contributed by atoms with E-state index in [-0.39, 0.29) is 12.7 Å². The van der Waals surface area contributed by atoms with Gasteiger partial charge in [-0.1, -0.05) is 36.4 Å². The minimum atomic E-state index is -0.227. The van der Waals surface area contributed by atoms with E-state index in [1.807, 2.05) is 42.5 Å². The van der Waals surface area contributed by atoms with Crippen molar-refractivity contribution in [1.82, 2.24) is 9.97 Å². The van der Waals surface area contributed by atoms with Crippen molar-refractivity contribution in [2.24, 2.45) is 0 Å². The zero-order valence-electron chi connectivity index (χ0n) is 16.4. The third kappa shape index (κ3) is 4.16. The maximum absolute atomic E-state index is 12.7. The van der Waals surface area contributed by atoms with Gasteiger partial charge in [-0.15, -0.1) is 0 Å². The Morgan fingerprint density at radius 2 is 1.71 bits per heavy atom. The van der Waals surface area contributed by atoms with Crippen LogP contribution in [0.2, 0.25) is 0 Å². The van der Waals surface area contributed by atoms with Gasteiger partial charge in [0.05, 0.1) is 0 Å². The second-order valence-corrected chi connectivity index (χ2v) is 6.86. The SMILES string of the molecule is O=C(Nc1ccc2c(c1)OCO2)c1cccc(Nc2ccnc(-c3ccccc3)n2)c1. The molecule has 2 heterocycles. The van der Waals surface area contributed by atoms with Crippen LogP contribution >= 0.6 is 0 Å². The summed E-state index contributed by atoms with van der Waals surface area (Å²) >= 11 is 0. The van der Waals surface area contributed by atoms with Crippen molar-refractivity contribution < 1.29 is 14.3 Å². The first-order valence-electron chi connectivity index (χ1n) is 9.71. The fraction of sp³-hybridized carbons (Fsp3) is 0.0417. The van der Waals surface area contributed by atoms with E-state index in [9.17, 15) is 4.79 Å². The van der Waals surface area contributed by atoms with Gasteiger partial charge in [-0.05, 0) is 36.4 Å². The molecule has 152 valence electrons. The summed E-state index contributed by atoms with van der Waals surface area (Å²) in [7, 11) is 0. The number of carbonyl (C=O) groups excluding carboxylic acids is 1. The summed E-state index contributed by atoms with van der Waals surface area (Å²) in [6, 6.07) is 24.1. The van der Waals surface area contributed by atoms with Crippen molar-refractivity contribution >= 4 is 23.1 Å². The number of anilines is 3. The maximum Gasteiger partial charge on any atom is 0.255 e. The molecule has 0 bridgehead atoms. The lowest BCUT2D eigenvalue weighted by atomic mass is 10.1. The number of ether oxygens (including phenoxy) is 2. The van der Waals surface area contributed by atoms with Gasteiger partial charge in [0.15, 0.2) is 17.3 Å². The molecule has 0 fully saturated rings. The number of carbonyl (C=O) groups is 1. The molecule has 0 spiro atoms. The summed E-state index contributed by atoms with van der Waals surface area (Å²) in [5, 5.41) is 6.12. The number of benzene rings is 3. The van der Waals surface area contributed by atoms with E-state index in [4.69, 9.17) is 9.47 Å². The Balaban J connectivity index is 1.32. The zero-order chi connectivity index (χ0) is 21.0. The van der Waals surface area contributed by atoms with Crippen molar-refractivity contribution in [3.63, 3.8) is 0 Å². The number of amides is 1. The molecule has 0 saturated heterocycles. The van der Waals surface area contributed by atoms with Crippen molar-refractivity contribution in [1.29, 1.82) is 0 Å². The summed E-state index contributed by atoms with van der Waals surface area (Å²) in [6.07, 6.45) is 1.70. The first-order chi connectivity index (χ1) is 15.2. The lowest BCUT2D eigenvalue weighted by molar-refractivity contribution is 0.102. The number of rotatable bonds is 5. The predicted octanol–water partition coefficient (Wildman–Crippen LogP) is 4.87. The van der Waals surface area contributed by atoms with Gasteiger partial charge in [-0.3, -0.25) is 4.79 Å². The van der Waals surface area contributed by atoms with Crippen LogP contribution in [-0.2, 0) is 0 Å². The molecule has 0 unspecified atom stereocenters. The molecule has 31 heavy (non-hydrogen) atoms. The molecule has 1 aliphatic rings. The smallest absolute Gasteiger partial charge is 0.255 e. The Bertz CT molecular complexity index is 1240. The normalized spacial score (nSPS) is 11.7. The first-order valence-corrected chi connectivity index (χ1v) is 9.71. The second-order valence-electron chi connectivity index (χ2n) is 6.86. The molecule has 0 atom stereocenters. The molecule has 0 aliphatic carbocycles. The molecule has 1 aromatic heterocycles. The van der Waals surface area contributed by atoms with E-state index in [0.29, 0.717) is 34.4 Å². The van der Waals surface area contributed by atoms with E-state index in [1.165, 1.54) is 0 Å². The second kappa shape index (κ2) is 8.16. The van der Waals surface area contributed by atoms with Gasteiger partial charge < -0.3 is 20.1 Å². The Labute approximate surface area is 178 Å². The fourth-order valence-electron chi connectivity index (χ4n) is 3.22. The zero-order valence-corrected chi connectivity index (χ0v) is 16.4. The van der Waals surface area contributed by atoms with Crippen LogP contribution in [0.4, 0.5) is 17.2 Å². The van der Waals surface area contributed by atoms with Crippen LogP contribution in [-0.4, -0.2) is 22.7 Å². The Morgan fingerprint density at radius 3 is 2.61 bits per heavy atom. The lowest BCUT2D eigenvalue weighted by Gasteiger charge is -2.10.